The van der Waals surface area contributed by atoms with Gasteiger partial charge in [-0.2, -0.15) is 0 Å². The maximum atomic E-state index is 10.8. The Hall–Kier alpha value is -0.830. The predicted molar refractivity (Wildman–Crippen MR) is 46.1 cm³/mol. The van der Waals surface area contributed by atoms with Crippen LogP contribution in [0.5, 0.6) is 0 Å². The first-order valence-electron chi connectivity index (χ1n) is 3.56. The molecule has 0 amide bonds. The van der Waals surface area contributed by atoms with E-state index in [1.165, 1.54) is 6.92 Å². The lowest BCUT2D eigenvalue weighted by Gasteiger charge is -1.98. The molecule has 68 valence electrons. The van der Waals surface area contributed by atoms with Crippen LogP contribution in [0.3, 0.4) is 0 Å². The van der Waals surface area contributed by atoms with Crippen LogP contribution in [-0.4, -0.2) is 24.2 Å². The fourth-order valence-electron chi connectivity index (χ4n) is 0.560. The minimum absolute atomic E-state index is 0.0359. The highest BCUT2D eigenvalue weighted by molar-refractivity contribution is 6.23. The number of allylic oxidation sites excluding steroid dienone is 1. The summed E-state index contributed by atoms with van der Waals surface area (Å²) in [6, 6.07) is 0. The number of Topliss-reactive ketones (excluding diaryl/α,β-unsaturated/α-hetero) is 1. The Bertz CT molecular complexity index is 208. The van der Waals surface area contributed by atoms with E-state index in [-0.39, 0.29) is 17.2 Å². The van der Waals surface area contributed by atoms with Crippen LogP contribution in [0.1, 0.15) is 13.8 Å². The summed E-state index contributed by atoms with van der Waals surface area (Å²) in [5.41, 5.74) is 0.273. The normalized spacial score (nSPS) is 11.1. The summed E-state index contributed by atoms with van der Waals surface area (Å²) in [6.45, 7) is 3.34. The Morgan fingerprint density at radius 2 is 2.08 bits per heavy atom. The van der Waals surface area contributed by atoms with Crippen LogP contribution in [0.25, 0.3) is 0 Å². The quantitative estimate of drug-likeness (QED) is 0.381. The predicted octanol–water partition coefficient (Wildman–Crippen LogP) is 1.30. The first-order chi connectivity index (χ1) is 5.61. The minimum Gasteiger partial charge on any atom is -0.463 e. The van der Waals surface area contributed by atoms with Crippen LogP contribution in [0.15, 0.2) is 11.6 Å². The van der Waals surface area contributed by atoms with Crippen molar-refractivity contribution in [1.82, 2.24) is 0 Å². The first kappa shape index (κ1) is 11.2. The number of rotatable bonds is 4. The van der Waals surface area contributed by atoms with E-state index in [0.717, 1.165) is 6.08 Å². The van der Waals surface area contributed by atoms with Crippen molar-refractivity contribution < 1.29 is 14.3 Å². The summed E-state index contributed by atoms with van der Waals surface area (Å²) < 4.78 is 4.60. The van der Waals surface area contributed by atoms with Gasteiger partial charge in [0.25, 0.3) is 0 Å². The molecule has 0 fully saturated rings. The second-order valence-corrected chi connectivity index (χ2v) is 2.38. The van der Waals surface area contributed by atoms with E-state index in [4.69, 9.17) is 11.6 Å². The van der Waals surface area contributed by atoms with Crippen molar-refractivity contribution in [1.29, 1.82) is 0 Å². The highest BCUT2D eigenvalue weighted by Crippen LogP contribution is 1.99. The molecule has 0 aliphatic rings. The van der Waals surface area contributed by atoms with Crippen molar-refractivity contribution in [2.75, 3.05) is 12.5 Å². The average molecular weight is 191 g/mol. The standard InChI is InChI=1S/C8H11ClO3/c1-3-12-8(11)4-7(5-9)6(2)10/h4H,3,5H2,1-2H3/b7-4-. The third kappa shape index (κ3) is 4.13. The van der Waals surface area contributed by atoms with Gasteiger partial charge in [0.05, 0.1) is 12.5 Å². The molecule has 3 nitrogen and oxygen atoms in total. The molecule has 0 bridgehead atoms. The summed E-state index contributed by atoms with van der Waals surface area (Å²) in [4.78, 5) is 21.6. The van der Waals surface area contributed by atoms with Gasteiger partial charge < -0.3 is 4.74 Å². The zero-order chi connectivity index (χ0) is 9.56. The largest absolute Gasteiger partial charge is 0.463 e. The molecular formula is C8H11ClO3. The van der Waals surface area contributed by atoms with E-state index in [1.54, 1.807) is 6.92 Å². The van der Waals surface area contributed by atoms with Crippen LogP contribution < -0.4 is 0 Å². The third-order valence-corrected chi connectivity index (χ3v) is 1.46. The smallest absolute Gasteiger partial charge is 0.331 e. The number of esters is 1. The van der Waals surface area contributed by atoms with Crippen molar-refractivity contribution in [3.8, 4) is 0 Å². The van der Waals surface area contributed by atoms with Gasteiger partial charge in [0.2, 0.25) is 0 Å². The molecule has 0 aromatic heterocycles. The summed E-state index contributed by atoms with van der Waals surface area (Å²) in [6.07, 6.45) is 1.12. The molecule has 0 N–H and O–H groups in total. The van der Waals surface area contributed by atoms with Crippen LogP contribution in [-0.2, 0) is 14.3 Å². The van der Waals surface area contributed by atoms with E-state index in [1.807, 2.05) is 0 Å². The number of ether oxygens (including phenoxy) is 1. The van der Waals surface area contributed by atoms with Gasteiger partial charge in [-0.15, -0.1) is 11.6 Å². The number of ketones is 1. The molecule has 4 heteroatoms. The van der Waals surface area contributed by atoms with Crippen LogP contribution >= 0.6 is 11.6 Å². The molecule has 0 aliphatic carbocycles. The lowest BCUT2D eigenvalue weighted by atomic mass is 10.2. The van der Waals surface area contributed by atoms with Crippen LogP contribution in [0.2, 0.25) is 0 Å². The summed E-state index contributed by atoms with van der Waals surface area (Å²) >= 11 is 5.41. The van der Waals surface area contributed by atoms with E-state index in [2.05, 4.69) is 4.74 Å². The molecule has 0 unspecified atom stereocenters. The number of carbonyl (C=O) groups is 2. The zero-order valence-corrected chi connectivity index (χ0v) is 7.85. The molecule has 0 aromatic carbocycles. The van der Waals surface area contributed by atoms with Crippen LogP contribution in [0.4, 0.5) is 0 Å². The highest BCUT2D eigenvalue weighted by Gasteiger charge is 2.05. The summed E-state index contributed by atoms with van der Waals surface area (Å²) in [5.74, 6) is -0.699. The maximum absolute atomic E-state index is 10.8. The van der Waals surface area contributed by atoms with E-state index in [0.29, 0.717) is 6.61 Å². The molecular weight excluding hydrogens is 180 g/mol. The molecule has 0 aromatic rings. The fourth-order valence-corrected chi connectivity index (χ4v) is 0.826. The van der Waals surface area contributed by atoms with Crippen LogP contribution in [0, 0.1) is 0 Å². The van der Waals surface area contributed by atoms with Gasteiger partial charge >= 0.3 is 5.97 Å². The van der Waals surface area contributed by atoms with Gasteiger partial charge in [-0.05, 0) is 13.8 Å². The highest BCUT2D eigenvalue weighted by atomic mass is 35.5. The lowest BCUT2D eigenvalue weighted by Crippen LogP contribution is -2.05. The Kier molecular flexibility index (Phi) is 5.37. The van der Waals surface area contributed by atoms with E-state index >= 15 is 0 Å². The van der Waals surface area contributed by atoms with Gasteiger partial charge in [0.15, 0.2) is 5.78 Å². The van der Waals surface area contributed by atoms with Gasteiger partial charge in [-0.3, -0.25) is 4.79 Å². The number of alkyl halides is 1. The Balaban J connectivity index is 4.28. The minimum atomic E-state index is -0.525. The zero-order valence-electron chi connectivity index (χ0n) is 7.09. The van der Waals surface area contributed by atoms with Gasteiger partial charge in [0, 0.05) is 11.6 Å². The third-order valence-electron chi connectivity index (χ3n) is 1.17. The molecule has 0 saturated heterocycles. The molecule has 0 atom stereocenters. The molecule has 0 radical (unpaired) electrons. The van der Waals surface area contributed by atoms with E-state index in [9.17, 15) is 9.59 Å². The fraction of sp³-hybridized carbons (Fsp3) is 0.500. The van der Waals surface area contributed by atoms with Crippen molar-refractivity contribution in [3.63, 3.8) is 0 Å². The average Bonchev–Trinajstić information content (AvgIpc) is 2.00. The Labute approximate surface area is 76.3 Å². The second-order valence-electron chi connectivity index (χ2n) is 2.11. The molecule has 0 aliphatic heterocycles. The van der Waals surface area contributed by atoms with Gasteiger partial charge in [-0.1, -0.05) is 0 Å². The number of hydrogen-bond donors (Lipinski definition) is 0. The van der Waals surface area contributed by atoms with Crippen molar-refractivity contribution >= 4 is 23.4 Å². The van der Waals surface area contributed by atoms with Gasteiger partial charge in [-0.25, -0.2) is 4.79 Å². The van der Waals surface area contributed by atoms with Crippen molar-refractivity contribution in [2.45, 2.75) is 13.8 Å². The Morgan fingerprint density at radius 1 is 1.50 bits per heavy atom. The van der Waals surface area contributed by atoms with Crippen molar-refractivity contribution in [2.24, 2.45) is 0 Å². The number of hydrogen-bond acceptors (Lipinski definition) is 3. The molecule has 0 heterocycles. The summed E-state index contributed by atoms with van der Waals surface area (Å²) in [5, 5.41) is 0. The first-order valence-corrected chi connectivity index (χ1v) is 4.09. The van der Waals surface area contributed by atoms with Crippen molar-refractivity contribution in [3.05, 3.63) is 11.6 Å². The molecule has 0 saturated carbocycles. The maximum Gasteiger partial charge on any atom is 0.331 e. The molecule has 0 spiro atoms. The lowest BCUT2D eigenvalue weighted by molar-refractivity contribution is -0.137. The SMILES string of the molecule is CCOC(=O)/C=C(/CCl)C(C)=O. The van der Waals surface area contributed by atoms with E-state index < -0.39 is 5.97 Å². The summed E-state index contributed by atoms with van der Waals surface area (Å²) in [7, 11) is 0. The Morgan fingerprint density at radius 3 is 2.42 bits per heavy atom. The topological polar surface area (TPSA) is 43.4 Å². The molecule has 12 heavy (non-hydrogen) atoms. The second kappa shape index (κ2) is 5.77. The number of carbonyl (C=O) groups excluding carboxylic acids is 2. The van der Waals surface area contributed by atoms with Gasteiger partial charge in [0.1, 0.15) is 0 Å². The number of halogens is 1. The molecule has 0 rings (SSSR count). The monoisotopic (exact) mass is 190 g/mol.